The summed E-state index contributed by atoms with van der Waals surface area (Å²) < 4.78 is 13.7. The summed E-state index contributed by atoms with van der Waals surface area (Å²) in [6, 6.07) is 4.47. The first-order chi connectivity index (χ1) is 9.61. The third-order valence-corrected chi connectivity index (χ3v) is 4.08. The van der Waals surface area contributed by atoms with Gasteiger partial charge in [-0.05, 0) is 31.9 Å². The van der Waals surface area contributed by atoms with E-state index in [2.05, 4.69) is 5.32 Å². The van der Waals surface area contributed by atoms with E-state index in [4.69, 9.17) is 0 Å². The minimum atomic E-state index is -0.498. The van der Waals surface area contributed by atoms with Gasteiger partial charge in [-0.1, -0.05) is 30.9 Å². The number of carbonyl (C=O) groups excluding carboxylic acids is 1. The summed E-state index contributed by atoms with van der Waals surface area (Å²) in [6.07, 6.45) is 5.01. The number of aliphatic hydroxyl groups excluding tert-OH is 1. The molecule has 2 unspecified atom stereocenters. The summed E-state index contributed by atoms with van der Waals surface area (Å²) in [4.78, 5) is 12.2. The third kappa shape index (κ3) is 3.57. The fraction of sp³-hybridized carbons (Fsp3) is 0.562. The van der Waals surface area contributed by atoms with Crippen LogP contribution in [-0.4, -0.2) is 23.7 Å². The lowest BCUT2D eigenvalue weighted by molar-refractivity contribution is 0.0895. The van der Waals surface area contributed by atoms with Crippen LogP contribution >= 0.6 is 0 Å². The predicted octanol–water partition coefficient (Wildman–Crippen LogP) is 2.81. The Bertz CT molecular complexity index is 476. The topological polar surface area (TPSA) is 49.3 Å². The van der Waals surface area contributed by atoms with Crippen molar-refractivity contribution in [2.24, 2.45) is 5.92 Å². The Morgan fingerprint density at radius 3 is 2.85 bits per heavy atom. The molecule has 0 saturated heterocycles. The second-order valence-electron chi connectivity index (χ2n) is 5.64. The van der Waals surface area contributed by atoms with Crippen LogP contribution in [0.2, 0.25) is 0 Å². The van der Waals surface area contributed by atoms with Crippen molar-refractivity contribution in [3.8, 4) is 0 Å². The summed E-state index contributed by atoms with van der Waals surface area (Å²) in [7, 11) is 0. The van der Waals surface area contributed by atoms with Gasteiger partial charge in [0.2, 0.25) is 0 Å². The Hall–Kier alpha value is -1.42. The summed E-state index contributed by atoms with van der Waals surface area (Å²) in [5.41, 5.74) is 0.946. The molecule has 1 aliphatic carbocycles. The number of hydrogen-bond donors (Lipinski definition) is 2. The van der Waals surface area contributed by atoms with Crippen molar-refractivity contribution in [2.75, 3.05) is 6.61 Å². The fourth-order valence-corrected chi connectivity index (χ4v) is 2.85. The third-order valence-electron chi connectivity index (χ3n) is 4.08. The molecule has 1 fully saturated rings. The number of rotatable bonds is 3. The molecule has 1 aliphatic rings. The Balaban J connectivity index is 2.11. The minimum Gasteiger partial charge on any atom is -0.396 e. The molecule has 2 N–H and O–H groups in total. The van der Waals surface area contributed by atoms with Crippen molar-refractivity contribution in [3.63, 3.8) is 0 Å². The Kier molecular flexibility index (Phi) is 5.12. The Morgan fingerprint density at radius 2 is 2.10 bits per heavy atom. The van der Waals surface area contributed by atoms with Gasteiger partial charge in [-0.2, -0.15) is 0 Å². The molecule has 1 saturated carbocycles. The number of amides is 1. The molecule has 1 aromatic carbocycles. The Morgan fingerprint density at radius 1 is 1.35 bits per heavy atom. The number of carbonyl (C=O) groups is 1. The highest BCUT2D eigenvalue weighted by molar-refractivity contribution is 5.94. The van der Waals surface area contributed by atoms with Crippen LogP contribution in [-0.2, 0) is 0 Å². The van der Waals surface area contributed by atoms with E-state index in [1.54, 1.807) is 12.1 Å². The second kappa shape index (κ2) is 6.84. The lowest BCUT2D eigenvalue weighted by Crippen LogP contribution is -2.41. The Labute approximate surface area is 119 Å². The van der Waals surface area contributed by atoms with E-state index in [9.17, 15) is 14.3 Å². The van der Waals surface area contributed by atoms with Crippen molar-refractivity contribution in [3.05, 3.63) is 35.1 Å². The monoisotopic (exact) mass is 279 g/mol. The van der Waals surface area contributed by atoms with Crippen molar-refractivity contribution < 1.29 is 14.3 Å². The van der Waals surface area contributed by atoms with Gasteiger partial charge < -0.3 is 10.4 Å². The largest absolute Gasteiger partial charge is 0.396 e. The first-order valence-corrected chi connectivity index (χ1v) is 7.29. The molecule has 20 heavy (non-hydrogen) atoms. The molecule has 0 aliphatic heterocycles. The van der Waals surface area contributed by atoms with E-state index in [0.29, 0.717) is 0 Å². The molecule has 2 rings (SSSR count). The highest BCUT2D eigenvalue weighted by Crippen LogP contribution is 2.23. The van der Waals surface area contributed by atoms with E-state index in [1.165, 1.54) is 6.07 Å². The van der Waals surface area contributed by atoms with Gasteiger partial charge in [0.1, 0.15) is 5.82 Å². The normalized spacial score (nSPS) is 23.1. The fourth-order valence-electron chi connectivity index (χ4n) is 2.85. The molecule has 1 amide bonds. The van der Waals surface area contributed by atoms with E-state index < -0.39 is 5.82 Å². The maximum atomic E-state index is 13.7. The molecular formula is C16H22FNO2. The van der Waals surface area contributed by atoms with E-state index in [0.717, 1.165) is 37.7 Å². The van der Waals surface area contributed by atoms with Gasteiger partial charge in [-0.15, -0.1) is 0 Å². The SMILES string of the molecule is Cc1ccc(F)c(C(=O)NC2CCCCCC2CO)c1. The first kappa shape index (κ1) is 15.0. The lowest BCUT2D eigenvalue weighted by Gasteiger charge is -2.24. The molecule has 1 aromatic rings. The smallest absolute Gasteiger partial charge is 0.254 e. The molecule has 4 heteroatoms. The quantitative estimate of drug-likeness (QED) is 0.836. The van der Waals surface area contributed by atoms with Crippen LogP contribution in [0.1, 0.15) is 48.0 Å². The van der Waals surface area contributed by atoms with Gasteiger partial charge in [-0.25, -0.2) is 4.39 Å². The molecule has 0 heterocycles. The zero-order valence-electron chi connectivity index (χ0n) is 11.9. The minimum absolute atomic E-state index is 0.0603. The van der Waals surface area contributed by atoms with Gasteiger partial charge in [-0.3, -0.25) is 4.79 Å². The van der Waals surface area contributed by atoms with Crippen molar-refractivity contribution in [1.82, 2.24) is 5.32 Å². The first-order valence-electron chi connectivity index (χ1n) is 7.29. The molecule has 0 spiro atoms. The second-order valence-corrected chi connectivity index (χ2v) is 5.64. The van der Waals surface area contributed by atoms with Gasteiger partial charge in [0.05, 0.1) is 5.56 Å². The van der Waals surface area contributed by atoms with Crippen LogP contribution in [0.15, 0.2) is 18.2 Å². The highest BCUT2D eigenvalue weighted by atomic mass is 19.1. The molecular weight excluding hydrogens is 257 g/mol. The zero-order chi connectivity index (χ0) is 14.5. The molecule has 3 nitrogen and oxygen atoms in total. The van der Waals surface area contributed by atoms with Crippen molar-refractivity contribution >= 4 is 5.91 Å². The van der Waals surface area contributed by atoms with E-state index >= 15 is 0 Å². The van der Waals surface area contributed by atoms with E-state index in [1.807, 2.05) is 6.92 Å². The predicted molar refractivity (Wildman–Crippen MR) is 76.1 cm³/mol. The number of hydrogen-bond acceptors (Lipinski definition) is 2. The van der Waals surface area contributed by atoms with Gasteiger partial charge in [0, 0.05) is 18.6 Å². The average molecular weight is 279 g/mol. The number of benzene rings is 1. The highest BCUT2D eigenvalue weighted by Gasteiger charge is 2.25. The van der Waals surface area contributed by atoms with Crippen molar-refractivity contribution in [1.29, 1.82) is 0 Å². The summed E-state index contributed by atoms with van der Waals surface area (Å²) >= 11 is 0. The molecule has 0 bridgehead atoms. The van der Waals surface area contributed by atoms with Crippen LogP contribution in [0.25, 0.3) is 0 Å². The molecule has 110 valence electrons. The molecule has 0 radical (unpaired) electrons. The van der Waals surface area contributed by atoms with Crippen LogP contribution in [0.4, 0.5) is 4.39 Å². The number of halogens is 1. The lowest BCUT2D eigenvalue weighted by atomic mass is 9.95. The average Bonchev–Trinajstić information content (AvgIpc) is 2.66. The van der Waals surface area contributed by atoms with Gasteiger partial charge >= 0.3 is 0 Å². The number of aliphatic hydroxyl groups is 1. The number of aryl methyl sites for hydroxylation is 1. The van der Waals surface area contributed by atoms with Crippen LogP contribution in [0.3, 0.4) is 0 Å². The van der Waals surface area contributed by atoms with Crippen LogP contribution in [0.5, 0.6) is 0 Å². The summed E-state index contributed by atoms with van der Waals surface area (Å²) in [5.74, 6) is -0.798. The van der Waals surface area contributed by atoms with Crippen molar-refractivity contribution in [2.45, 2.75) is 45.1 Å². The van der Waals surface area contributed by atoms with Crippen LogP contribution < -0.4 is 5.32 Å². The van der Waals surface area contributed by atoms with Gasteiger partial charge in [0.25, 0.3) is 5.91 Å². The molecule has 2 atom stereocenters. The van der Waals surface area contributed by atoms with E-state index in [-0.39, 0.29) is 30.0 Å². The summed E-state index contributed by atoms with van der Waals surface area (Å²) in [5, 5.41) is 12.3. The van der Waals surface area contributed by atoms with Gasteiger partial charge in [0.15, 0.2) is 0 Å². The van der Waals surface area contributed by atoms with Crippen LogP contribution in [0, 0.1) is 18.7 Å². The summed E-state index contributed by atoms with van der Waals surface area (Å²) in [6.45, 7) is 1.90. The molecule has 0 aromatic heterocycles. The standard InChI is InChI=1S/C16H22FNO2/c1-11-7-8-14(17)13(9-11)16(20)18-15-6-4-2-3-5-12(15)10-19/h7-9,12,15,19H,2-6,10H2,1H3,(H,18,20). The maximum Gasteiger partial charge on any atom is 0.254 e. The number of nitrogens with one attached hydrogen (secondary N) is 1. The zero-order valence-corrected chi connectivity index (χ0v) is 11.9. The maximum absolute atomic E-state index is 13.7.